The number of nitrogens with one attached hydrogen (secondary N) is 1. The number of amides is 1. The summed E-state index contributed by atoms with van der Waals surface area (Å²) in [5, 5.41) is 3.29. The van der Waals surface area contributed by atoms with E-state index in [4.69, 9.17) is 0 Å². The maximum Gasteiger partial charge on any atom is 0.294 e. The first-order chi connectivity index (χ1) is 21.8. The second-order valence-corrected chi connectivity index (χ2v) is 16.1. The Labute approximate surface area is 289 Å². The maximum atomic E-state index is 12.2. The number of carbonyl (C=O) groups excluding carboxylic acids is 1. The second-order valence-electron chi connectivity index (χ2n) is 12.6. The molecule has 3 aromatic rings. The van der Waals surface area contributed by atoms with Crippen LogP contribution < -0.4 is 10.2 Å². The van der Waals surface area contributed by atoms with Crippen molar-refractivity contribution < 1.29 is 35.3 Å². The van der Waals surface area contributed by atoms with Gasteiger partial charge in [0.15, 0.2) is 5.71 Å². The average Bonchev–Trinajstić information content (AvgIpc) is 3.32. The Kier molecular flexibility index (Phi) is 9.12. The van der Waals surface area contributed by atoms with Gasteiger partial charge in [-0.2, -0.15) is 13.0 Å². The summed E-state index contributed by atoms with van der Waals surface area (Å²) in [5.41, 5.74) is 5.26. The lowest BCUT2D eigenvalue weighted by Crippen LogP contribution is -2.26. The van der Waals surface area contributed by atoms with Gasteiger partial charge < -0.3 is 14.8 Å². The minimum atomic E-state index is -5.06. The van der Waals surface area contributed by atoms with E-state index in [-0.39, 0.29) is 22.1 Å². The van der Waals surface area contributed by atoms with Crippen LogP contribution in [0.2, 0.25) is 0 Å². The highest BCUT2D eigenvalue weighted by Gasteiger charge is 2.43. The molecule has 0 saturated carbocycles. The van der Waals surface area contributed by atoms with Crippen LogP contribution in [-0.2, 0) is 35.9 Å². The van der Waals surface area contributed by atoms with Gasteiger partial charge in [0.25, 0.3) is 10.1 Å². The summed E-state index contributed by atoms with van der Waals surface area (Å²) in [6.07, 6.45) is 9.80. The van der Waals surface area contributed by atoms with Crippen molar-refractivity contribution >= 4 is 82.3 Å². The first-order valence-corrected chi connectivity index (χ1v) is 19.2. The third-order valence-corrected chi connectivity index (χ3v) is 11.3. The van der Waals surface area contributed by atoms with Crippen LogP contribution in [0.4, 0.5) is 17.1 Å². The number of likely N-dealkylation sites (N-methyl/N-ethyl adjacent to an activating group) is 1. The fraction of sp³-hybridized carbons (Fsp3) is 0.294. The molecule has 0 spiro atoms. The Morgan fingerprint density at radius 2 is 1.70 bits per heavy atom. The minimum Gasteiger partial charge on any atom is -0.744 e. The van der Waals surface area contributed by atoms with Crippen molar-refractivity contribution in [3.8, 4) is 0 Å². The van der Waals surface area contributed by atoms with Gasteiger partial charge in [0.2, 0.25) is 11.6 Å². The topological polar surface area (TPSA) is 147 Å². The number of carbonyl (C=O) groups is 1. The van der Waals surface area contributed by atoms with Gasteiger partial charge in [-0.3, -0.25) is 9.35 Å². The highest BCUT2D eigenvalue weighted by atomic mass is 127. The molecule has 2 heterocycles. The Balaban J connectivity index is 1.51. The number of benzene rings is 3. The van der Waals surface area contributed by atoms with Crippen molar-refractivity contribution in [3.05, 3.63) is 89.7 Å². The summed E-state index contributed by atoms with van der Waals surface area (Å²) in [5.74, 6) is -0.0514. The second kappa shape index (κ2) is 12.3. The number of hydrogen-bond donors (Lipinski definition) is 2. The van der Waals surface area contributed by atoms with Gasteiger partial charge in [-0.1, -0.05) is 60.7 Å². The van der Waals surface area contributed by atoms with Crippen molar-refractivity contribution in [1.82, 2.24) is 0 Å². The van der Waals surface area contributed by atoms with Gasteiger partial charge in [-0.15, -0.1) is 0 Å². The number of nitrogens with zero attached hydrogens (tertiary/aromatic N) is 2. The zero-order chi connectivity index (χ0) is 34.7. The van der Waals surface area contributed by atoms with Crippen LogP contribution in [0.5, 0.6) is 0 Å². The highest BCUT2D eigenvalue weighted by Crippen LogP contribution is 2.51. The lowest BCUT2D eigenvalue weighted by molar-refractivity contribution is -0.401. The molecule has 0 radical (unpaired) electrons. The Morgan fingerprint density at radius 3 is 2.32 bits per heavy atom. The highest BCUT2D eigenvalue weighted by molar-refractivity contribution is 14.1. The predicted molar refractivity (Wildman–Crippen MR) is 192 cm³/mol. The summed E-state index contributed by atoms with van der Waals surface area (Å²) >= 11 is 2.04. The molecular weight excluding hydrogens is 753 g/mol. The van der Waals surface area contributed by atoms with Crippen LogP contribution in [0.25, 0.3) is 10.8 Å². The van der Waals surface area contributed by atoms with E-state index in [0.29, 0.717) is 22.6 Å². The number of halogens is 1. The quantitative estimate of drug-likeness (QED) is 0.0905. The standard InChI is InChI=1S/C34H36IN3O7S2/c1-7-38-27-16-14-23-24(18-22(46(40,41)42)19-28(23)47(43,44)45)32(27)34(4,5)30(38)12-10-8-9-11-29-33(2,3)25-17-21(36-31(39)20-35)13-15-26(25)37(29)6/h8-19H,7,20H2,1-6H3,(H2-,36,39,40,41,42,43,44,45). The molecule has 248 valence electrons. The largest absolute Gasteiger partial charge is 0.744 e. The van der Waals surface area contributed by atoms with Gasteiger partial charge in [0.1, 0.15) is 17.2 Å². The predicted octanol–water partition coefficient (Wildman–Crippen LogP) is 6.18. The first-order valence-electron chi connectivity index (χ1n) is 14.8. The molecular formula is C34H36IN3O7S2. The normalized spacial score (nSPS) is 18.1. The van der Waals surface area contributed by atoms with Crippen LogP contribution in [0.3, 0.4) is 0 Å². The van der Waals surface area contributed by atoms with Crippen molar-refractivity contribution in [2.24, 2.45) is 0 Å². The molecule has 2 aliphatic heterocycles. The monoisotopic (exact) mass is 789 g/mol. The van der Waals surface area contributed by atoms with E-state index in [1.807, 2.05) is 92.9 Å². The molecule has 0 fully saturated rings. The van der Waals surface area contributed by atoms with Crippen molar-refractivity contribution in [1.29, 1.82) is 0 Å². The number of allylic oxidation sites excluding steroid dienone is 6. The Bertz CT molecular complexity index is 2180. The smallest absolute Gasteiger partial charge is 0.294 e. The van der Waals surface area contributed by atoms with Gasteiger partial charge in [-0.25, -0.2) is 8.42 Å². The molecule has 0 aliphatic carbocycles. The first kappa shape index (κ1) is 35.0. The van der Waals surface area contributed by atoms with Crippen LogP contribution in [0.1, 0.15) is 45.7 Å². The maximum absolute atomic E-state index is 12.2. The summed E-state index contributed by atoms with van der Waals surface area (Å²) in [7, 11) is -7.85. The fourth-order valence-electron chi connectivity index (χ4n) is 6.80. The van der Waals surface area contributed by atoms with Gasteiger partial charge >= 0.3 is 0 Å². The van der Waals surface area contributed by atoms with Gasteiger partial charge in [0.05, 0.1) is 19.6 Å². The van der Waals surface area contributed by atoms with E-state index in [1.54, 1.807) is 6.07 Å². The minimum absolute atomic E-state index is 0.0514. The van der Waals surface area contributed by atoms with Crippen LogP contribution in [0, 0.1) is 0 Å². The molecule has 0 atom stereocenters. The molecule has 3 aromatic carbocycles. The van der Waals surface area contributed by atoms with E-state index in [2.05, 4.69) is 34.7 Å². The van der Waals surface area contributed by atoms with E-state index in [1.165, 1.54) is 12.1 Å². The number of hydrogen-bond acceptors (Lipinski definition) is 7. The fourth-order valence-corrected chi connectivity index (χ4v) is 8.32. The molecule has 13 heteroatoms. The Morgan fingerprint density at radius 1 is 1.00 bits per heavy atom. The van der Waals surface area contributed by atoms with Crippen LogP contribution in [-0.4, -0.2) is 60.2 Å². The molecule has 0 bridgehead atoms. The molecule has 0 saturated heterocycles. The summed E-state index contributed by atoms with van der Waals surface area (Å²) in [4.78, 5) is 12.6. The zero-order valence-electron chi connectivity index (χ0n) is 26.8. The zero-order valence-corrected chi connectivity index (χ0v) is 30.6. The van der Waals surface area contributed by atoms with Crippen molar-refractivity contribution in [2.45, 2.75) is 55.2 Å². The van der Waals surface area contributed by atoms with E-state index in [0.717, 1.165) is 34.0 Å². The van der Waals surface area contributed by atoms with E-state index in [9.17, 15) is 30.7 Å². The number of fused-ring (bicyclic) bond motifs is 4. The molecule has 2 N–H and O–H groups in total. The van der Waals surface area contributed by atoms with Gasteiger partial charge in [0, 0.05) is 46.7 Å². The molecule has 10 nitrogen and oxygen atoms in total. The van der Waals surface area contributed by atoms with E-state index >= 15 is 0 Å². The molecule has 47 heavy (non-hydrogen) atoms. The number of rotatable bonds is 8. The number of anilines is 2. The van der Waals surface area contributed by atoms with Crippen LogP contribution >= 0.6 is 22.6 Å². The van der Waals surface area contributed by atoms with Crippen LogP contribution in [0.15, 0.2) is 88.3 Å². The summed E-state index contributed by atoms with van der Waals surface area (Å²) < 4.78 is 73.0. The molecule has 1 amide bonds. The molecule has 2 aliphatic rings. The summed E-state index contributed by atoms with van der Waals surface area (Å²) in [6, 6.07) is 11.1. The third kappa shape index (κ3) is 6.19. The van der Waals surface area contributed by atoms with Crippen molar-refractivity contribution in [2.75, 3.05) is 28.2 Å². The lowest BCUT2D eigenvalue weighted by atomic mass is 9.81. The Hall–Kier alpha value is -3.37. The summed E-state index contributed by atoms with van der Waals surface area (Å²) in [6.45, 7) is 10.7. The third-order valence-electron chi connectivity index (χ3n) is 8.95. The lowest BCUT2D eigenvalue weighted by Gasteiger charge is -2.26. The average molecular weight is 790 g/mol. The van der Waals surface area contributed by atoms with Crippen molar-refractivity contribution in [3.63, 3.8) is 0 Å². The number of alkyl halides is 1. The van der Waals surface area contributed by atoms with Gasteiger partial charge in [-0.05, 0) is 73.5 Å². The van der Waals surface area contributed by atoms with E-state index < -0.39 is 35.4 Å². The SMILES string of the molecule is CCN1C(=CC=CC=CC2=[N+](C)c3ccc(NC(=O)CI)cc3C2(C)C)C(C)(C)c2c1ccc1c(S(=O)(=O)[O-])cc(S(=O)(=O)O)cc21. The molecule has 0 unspecified atom stereocenters. The molecule has 5 rings (SSSR count). The molecule has 0 aromatic heterocycles.